The number of halogens is 2. The molecule has 0 aliphatic rings. The highest BCUT2D eigenvalue weighted by Gasteiger charge is 2.26. The second-order valence-corrected chi connectivity index (χ2v) is 9.01. The predicted molar refractivity (Wildman–Crippen MR) is 117 cm³/mol. The summed E-state index contributed by atoms with van der Waals surface area (Å²) in [5, 5.41) is 4.13. The fraction of sp³-hybridized carbons (Fsp3) is 0.143. The summed E-state index contributed by atoms with van der Waals surface area (Å²) in [6.07, 6.45) is 6.44. The number of fused-ring (bicyclic) bond motifs is 1. The van der Waals surface area contributed by atoms with Crippen LogP contribution in [0.15, 0.2) is 43.0 Å². The molecule has 12 heteroatoms. The van der Waals surface area contributed by atoms with E-state index in [-0.39, 0.29) is 16.7 Å². The average Bonchev–Trinajstić information content (AvgIpc) is 3.42. The first-order chi connectivity index (χ1) is 15.7. The van der Waals surface area contributed by atoms with Gasteiger partial charge in [0, 0.05) is 40.7 Å². The van der Waals surface area contributed by atoms with E-state index in [2.05, 4.69) is 19.8 Å². The van der Waals surface area contributed by atoms with Crippen molar-refractivity contribution in [3.8, 4) is 11.1 Å². The van der Waals surface area contributed by atoms with Gasteiger partial charge in [-0.2, -0.15) is 5.10 Å². The van der Waals surface area contributed by atoms with E-state index in [4.69, 9.17) is 0 Å². The number of hydrogen-bond donors (Lipinski definition) is 2. The molecule has 4 rings (SSSR count). The van der Waals surface area contributed by atoms with Crippen LogP contribution in [0.4, 0.5) is 14.5 Å². The smallest absolute Gasteiger partial charge is 0.234 e. The number of aromatic nitrogens is 4. The highest BCUT2D eigenvalue weighted by Crippen LogP contribution is 2.29. The van der Waals surface area contributed by atoms with E-state index in [0.717, 1.165) is 16.8 Å². The van der Waals surface area contributed by atoms with E-state index >= 15 is 4.39 Å². The largest absolute Gasteiger partial charge is 0.345 e. The van der Waals surface area contributed by atoms with Crippen LogP contribution in [0.25, 0.3) is 22.2 Å². The van der Waals surface area contributed by atoms with Crippen molar-refractivity contribution in [2.45, 2.75) is 13.3 Å². The van der Waals surface area contributed by atoms with Crippen LogP contribution >= 0.6 is 0 Å². The van der Waals surface area contributed by atoms with E-state index in [1.54, 1.807) is 13.0 Å². The lowest BCUT2D eigenvalue weighted by Gasteiger charge is -2.11. The van der Waals surface area contributed by atoms with Gasteiger partial charge in [-0.1, -0.05) is 6.92 Å². The van der Waals surface area contributed by atoms with Crippen LogP contribution in [0.2, 0.25) is 0 Å². The van der Waals surface area contributed by atoms with Gasteiger partial charge in [-0.15, -0.1) is 0 Å². The van der Waals surface area contributed by atoms with Crippen LogP contribution in [-0.4, -0.2) is 46.1 Å². The molecular formula is C21H17F2N5O4S. The van der Waals surface area contributed by atoms with Crippen LogP contribution in [0.5, 0.6) is 0 Å². The maximum absolute atomic E-state index is 15.1. The minimum atomic E-state index is -3.86. The monoisotopic (exact) mass is 473 g/mol. The van der Waals surface area contributed by atoms with Crippen LogP contribution in [-0.2, 0) is 14.8 Å². The molecule has 2 N–H and O–H groups in total. The topological polar surface area (TPSA) is 127 Å². The van der Waals surface area contributed by atoms with Crippen LogP contribution < -0.4 is 4.72 Å². The maximum atomic E-state index is 15.1. The van der Waals surface area contributed by atoms with Gasteiger partial charge in [0.15, 0.2) is 5.82 Å². The van der Waals surface area contributed by atoms with E-state index in [1.807, 2.05) is 0 Å². The molecule has 4 aromatic rings. The molecule has 0 aliphatic carbocycles. The standard InChI is InChI=1S/C21H17F2N5O4S/c1-2-5-33(31,32)27-17-4-3-16(22)18(19(17)23)20(30)15-9-25-21-14(15)6-12(7-24-21)13-8-26-28(10-13)11-29/h3-4,6-11,27H,2,5H2,1H3,(H,24,25). The third-order valence-electron chi connectivity index (χ3n) is 4.88. The number of carbonyl (C=O) groups excluding carboxylic acids is 2. The van der Waals surface area contributed by atoms with Gasteiger partial charge in [0.2, 0.25) is 22.2 Å². The Balaban J connectivity index is 1.78. The van der Waals surface area contributed by atoms with Crippen molar-refractivity contribution >= 4 is 38.9 Å². The Morgan fingerprint density at radius 3 is 2.73 bits per heavy atom. The SMILES string of the molecule is CCCS(=O)(=O)Nc1ccc(F)c(C(=O)c2c[nH]c3ncc(-c4cnn(C=O)c4)cc23)c1F. The number of ketones is 1. The van der Waals surface area contributed by atoms with Crippen LogP contribution in [0.1, 0.15) is 29.3 Å². The average molecular weight is 473 g/mol. The maximum Gasteiger partial charge on any atom is 0.234 e. The number of hydrogen-bond acceptors (Lipinski definition) is 6. The summed E-state index contributed by atoms with van der Waals surface area (Å²) in [5.41, 5.74) is -0.119. The zero-order valence-corrected chi connectivity index (χ0v) is 18.0. The van der Waals surface area contributed by atoms with Crippen molar-refractivity contribution in [1.29, 1.82) is 0 Å². The molecule has 3 heterocycles. The molecule has 0 fully saturated rings. The number of rotatable bonds is 8. The van der Waals surface area contributed by atoms with Crippen molar-refractivity contribution in [2.24, 2.45) is 0 Å². The Morgan fingerprint density at radius 2 is 2.03 bits per heavy atom. The summed E-state index contributed by atoms with van der Waals surface area (Å²) >= 11 is 0. The Labute approximate surface area is 186 Å². The lowest BCUT2D eigenvalue weighted by atomic mass is 10.0. The summed E-state index contributed by atoms with van der Waals surface area (Å²) in [6.45, 7) is 1.64. The van der Waals surface area contributed by atoms with Crippen molar-refractivity contribution in [2.75, 3.05) is 10.5 Å². The molecule has 33 heavy (non-hydrogen) atoms. The number of nitrogens with zero attached hydrogens (tertiary/aromatic N) is 3. The van der Waals surface area contributed by atoms with E-state index in [9.17, 15) is 22.4 Å². The van der Waals surface area contributed by atoms with Crippen LogP contribution in [0, 0.1) is 11.6 Å². The number of benzene rings is 1. The van der Waals surface area contributed by atoms with Crippen LogP contribution in [0.3, 0.4) is 0 Å². The van der Waals surface area contributed by atoms with Gasteiger partial charge in [-0.05, 0) is 24.6 Å². The number of nitrogens with one attached hydrogen (secondary N) is 2. The Morgan fingerprint density at radius 1 is 1.24 bits per heavy atom. The fourth-order valence-corrected chi connectivity index (χ4v) is 4.49. The molecule has 0 atom stereocenters. The molecule has 1 aromatic carbocycles. The lowest BCUT2D eigenvalue weighted by molar-refractivity contribution is 0.103. The highest BCUT2D eigenvalue weighted by atomic mass is 32.2. The molecule has 0 radical (unpaired) electrons. The van der Waals surface area contributed by atoms with Crippen molar-refractivity contribution in [3.05, 3.63) is 65.7 Å². The number of anilines is 1. The summed E-state index contributed by atoms with van der Waals surface area (Å²) in [4.78, 5) is 31.0. The molecule has 0 bridgehead atoms. The van der Waals surface area contributed by atoms with E-state index in [0.29, 0.717) is 29.6 Å². The number of H-pyrrole nitrogens is 1. The molecule has 0 unspecified atom stereocenters. The molecule has 0 spiro atoms. The van der Waals surface area contributed by atoms with Gasteiger partial charge in [-0.3, -0.25) is 14.3 Å². The quantitative estimate of drug-likeness (QED) is 0.299. The zero-order valence-electron chi connectivity index (χ0n) is 17.2. The molecule has 0 amide bonds. The van der Waals surface area contributed by atoms with Gasteiger partial charge in [0.05, 0.1) is 23.2 Å². The molecule has 9 nitrogen and oxygen atoms in total. The third kappa shape index (κ3) is 4.24. The molecule has 3 aromatic heterocycles. The first kappa shape index (κ1) is 22.3. The predicted octanol–water partition coefficient (Wildman–Crippen LogP) is 3.13. The normalized spacial score (nSPS) is 11.6. The summed E-state index contributed by atoms with van der Waals surface area (Å²) in [5.74, 6) is -3.70. The second kappa shape index (κ2) is 8.54. The van der Waals surface area contributed by atoms with Gasteiger partial charge in [0.1, 0.15) is 11.5 Å². The molecule has 0 saturated heterocycles. The number of carbonyl (C=O) groups is 2. The lowest BCUT2D eigenvalue weighted by Crippen LogP contribution is -2.18. The molecule has 170 valence electrons. The summed E-state index contributed by atoms with van der Waals surface area (Å²) in [7, 11) is -3.86. The zero-order chi connectivity index (χ0) is 23.8. The van der Waals surface area contributed by atoms with Crippen molar-refractivity contribution in [3.63, 3.8) is 0 Å². The number of pyridine rings is 1. The second-order valence-electron chi connectivity index (χ2n) is 7.17. The Hall–Kier alpha value is -3.93. The Bertz CT molecular complexity index is 1490. The summed E-state index contributed by atoms with van der Waals surface area (Å²) < 4.78 is 56.8. The molecular weight excluding hydrogens is 456 g/mol. The Kier molecular flexibility index (Phi) is 5.77. The van der Waals surface area contributed by atoms with Gasteiger partial charge >= 0.3 is 0 Å². The molecule has 0 saturated carbocycles. The van der Waals surface area contributed by atoms with Crippen molar-refractivity contribution in [1.82, 2.24) is 19.7 Å². The van der Waals surface area contributed by atoms with E-state index < -0.39 is 38.7 Å². The fourth-order valence-electron chi connectivity index (χ4n) is 3.36. The van der Waals surface area contributed by atoms with Crippen molar-refractivity contribution < 1.29 is 26.8 Å². The van der Waals surface area contributed by atoms with E-state index in [1.165, 1.54) is 24.8 Å². The van der Waals surface area contributed by atoms with Gasteiger partial charge in [-0.25, -0.2) is 26.9 Å². The first-order valence-electron chi connectivity index (χ1n) is 9.74. The van der Waals surface area contributed by atoms with Gasteiger partial charge in [0.25, 0.3) is 0 Å². The molecule has 0 aliphatic heterocycles. The number of aromatic amines is 1. The number of sulfonamides is 1. The highest BCUT2D eigenvalue weighted by molar-refractivity contribution is 7.92. The third-order valence-corrected chi connectivity index (χ3v) is 6.35. The summed E-state index contributed by atoms with van der Waals surface area (Å²) in [6, 6.07) is 3.32. The minimum Gasteiger partial charge on any atom is -0.345 e. The minimum absolute atomic E-state index is 0.0616. The first-order valence-corrected chi connectivity index (χ1v) is 11.4. The van der Waals surface area contributed by atoms with Gasteiger partial charge < -0.3 is 4.98 Å².